The highest BCUT2D eigenvalue weighted by atomic mass is 35.5. The van der Waals surface area contributed by atoms with Gasteiger partial charge in [-0.1, -0.05) is 23.2 Å². The first-order chi connectivity index (χ1) is 11.4. The fourth-order valence-electron chi connectivity index (χ4n) is 2.60. The van der Waals surface area contributed by atoms with E-state index < -0.39 is 16.1 Å². The predicted octanol–water partition coefficient (Wildman–Crippen LogP) is 3.85. The van der Waals surface area contributed by atoms with Crippen molar-refractivity contribution in [2.24, 2.45) is 0 Å². The molecule has 1 atom stereocenters. The van der Waals surface area contributed by atoms with E-state index in [0.29, 0.717) is 34.4 Å². The lowest BCUT2D eigenvalue weighted by Gasteiger charge is -2.22. The molecule has 128 valence electrons. The van der Waals surface area contributed by atoms with Crippen LogP contribution in [-0.2, 0) is 14.8 Å². The molecule has 0 saturated carbocycles. The van der Waals surface area contributed by atoms with E-state index in [1.165, 1.54) is 16.4 Å². The number of nitrogens with one attached hydrogen (secondary N) is 1. The van der Waals surface area contributed by atoms with Gasteiger partial charge in [0.25, 0.3) is 10.0 Å². The second-order valence-corrected chi connectivity index (χ2v) is 9.60. The summed E-state index contributed by atoms with van der Waals surface area (Å²) in [4.78, 5) is 12.5. The largest absolute Gasteiger partial charge is 0.325 e. The molecule has 3 rings (SSSR count). The minimum Gasteiger partial charge on any atom is -0.325 e. The maximum atomic E-state index is 12.7. The summed E-state index contributed by atoms with van der Waals surface area (Å²) in [6.45, 7) is 0.316. The summed E-state index contributed by atoms with van der Waals surface area (Å²) >= 11 is 12.6. The molecule has 1 N–H and O–H groups in total. The Balaban J connectivity index is 1.80. The number of thiophene rings is 1. The molecule has 0 radical (unpaired) electrons. The second-order valence-electron chi connectivity index (χ2n) is 5.33. The van der Waals surface area contributed by atoms with Gasteiger partial charge in [0.1, 0.15) is 10.3 Å². The third-order valence-electron chi connectivity index (χ3n) is 3.73. The minimum absolute atomic E-state index is 0.152. The van der Waals surface area contributed by atoms with Gasteiger partial charge in [-0.15, -0.1) is 11.3 Å². The summed E-state index contributed by atoms with van der Waals surface area (Å²) in [5, 5.41) is 3.31. The number of benzene rings is 1. The van der Waals surface area contributed by atoms with Crippen molar-refractivity contribution in [2.45, 2.75) is 23.1 Å². The number of carbonyl (C=O) groups is 1. The average molecular weight is 405 g/mol. The molecule has 1 saturated heterocycles. The highest BCUT2D eigenvalue weighted by Crippen LogP contribution is 2.32. The number of carbonyl (C=O) groups excluding carboxylic acids is 1. The zero-order valence-corrected chi connectivity index (χ0v) is 15.6. The Morgan fingerprint density at radius 2 is 1.88 bits per heavy atom. The SMILES string of the molecule is O=C(Nc1ccc(Cl)cc1)[C@H]1CCCN1S(=O)(=O)c1ccc(Cl)s1. The van der Waals surface area contributed by atoms with Gasteiger partial charge >= 0.3 is 0 Å². The molecule has 1 aliphatic rings. The van der Waals surface area contributed by atoms with E-state index in [1.807, 2.05) is 0 Å². The topological polar surface area (TPSA) is 66.5 Å². The first-order valence-electron chi connectivity index (χ1n) is 7.21. The number of anilines is 1. The summed E-state index contributed by atoms with van der Waals surface area (Å²) in [6, 6.07) is 8.95. The Kier molecular flexibility index (Phi) is 5.17. The predicted molar refractivity (Wildman–Crippen MR) is 96.3 cm³/mol. The fraction of sp³-hybridized carbons (Fsp3) is 0.267. The van der Waals surface area contributed by atoms with Gasteiger partial charge in [0.05, 0.1) is 4.34 Å². The molecule has 5 nitrogen and oxygen atoms in total. The molecule has 1 aromatic carbocycles. The first kappa shape index (κ1) is 17.7. The summed E-state index contributed by atoms with van der Waals surface area (Å²) in [6.07, 6.45) is 1.12. The zero-order chi connectivity index (χ0) is 17.3. The average Bonchev–Trinajstić information content (AvgIpc) is 3.19. The molecule has 1 aliphatic heterocycles. The normalized spacial score (nSPS) is 18.7. The molecule has 9 heteroatoms. The lowest BCUT2D eigenvalue weighted by atomic mass is 10.2. The Morgan fingerprint density at radius 1 is 1.17 bits per heavy atom. The minimum atomic E-state index is -3.73. The Hall–Kier alpha value is -1.12. The molecule has 1 amide bonds. The number of rotatable bonds is 4. The first-order valence-corrected chi connectivity index (χ1v) is 10.2. The molecule has 2 heterocycles. The molecular formula is C15H14Cl2N2O3S2. The summed E-state index contributed by atoms with van der Waals surface area (Å²) < 4.78 is 27.3. The van der Waals surface area contributed by atoms with Crippen LogP contribution >= 0.6 is 34.5 Å². The fourth-order valence-corrected chi connectivity index (χ4v) is 6.00. The Morgan fingerprint density at radius 3 is 2.50 bits per heavy atom. The lowest BCUT2D eigenvalue weighted by molar-refractivity contribution is -0.119. The van der Waals surface area contributed by atoms with Crippen LogP contribution in [0.3, 0.4) is 0 Å². The van der Waals surface area contributed by atoms with Crippen molar-refractivity contribution in [1.82, 2.24) is 4.31 Å². The van der Waals surface area contributed by atoms with E-state index in [0.717, 1.165) is 11.3 Å². The van der Waals surface area contributed by atoms with Crippen molar-refractivity contribution in [3.05, 3.63) is 45.8 Å². The maximum Gasteiger partial charge on any atom is 0.253 e. The summed E-state index contributed by atoms with van der Waals surface area (Å²) in [5.41, 5.74) is 0.577. The van der Waals surface area contributed by atoms with Gasteiger partial charge in [-0.25, -0.2) is 8.42 Å². The van der Waals surface area contributed by atoms with Crippen molar-refractivity contribution < 1.29 is 13.2 Å². The molecule has 0 bridgehead atoms. The van der Waals surface area contributed by atoms with Crippen LogP contribution in [0.4, 0.5) is 5.69 Å². The van der Waals surface area contributed by atoms with Gasteiger partial charge in [-0.05, 0) is 49.2 Å². The second kappa shape index (κ2) is 7.01. The van der Waals surface area contributed by atoms with Crippen LogP contribution in [0.15, 0.2) is 40.6 Å². The lowest BCUT2D eigenvalue weighted by Crippen LogP contribution is -2.42. The smallest absolute Gasteiger partial charge is 0.253 e. The van der Waals surface area contributed by atoms with Crippen LogP contribution in [0.1, 0.15) is 12.8 Å². The third-order valence-corrected chi connectivity index (χ3v) is 7.59. The van der Waals surface area contributed by atoms with Crippen LogP contribution in [0.25, 0.3) is 0 Å². The van der Waals surface area contributed by atoms with Crippen LogP contribution in [-0.4, -0.2) is 31.2 Å². The molecule has 1 fully saturated rings. The zero-order valence-electron chi connectivity index (χ0n) is 12.4. The number of halogens is 2. The van der Waals surface area contributed by atoms with Crippen LogP contribution in [0, 0.1) is 0 Å². The Labute approximate surface area is 154 Å². The maximum absolute atomic E-state index is 12.7. The van der Waals surface area contributed by atoms with E-state index in [9.17, 15) is 13.2 Å². The van der Waals surface area contributed by atoms with Crippen molar-refractivity contribution in [2.75, 3.05) is 11.9 Å². The standard InChI is InChI=1S/C15H14Cl2N2O3S2/c16-10-3-5-11(6-4-10)18-15(20)12-2-1-9-19(12)24(21,22)14-8-7-13(17)23-14/h3-8,12H,1-2,9H2,(H,18,20)/t12-/m1/s1. The summed E-state index contributed by atoms with van der Waals surface area (Å²) in [7, 11) is -3.73. The van der Waals surface area contributed by atoms with Gasteiger partial charge in [0.15, 0.2) is 0 Å². The molecular weight excluding hydrogens is 391 g/mol. The highest BCUT2D eigenvalue weighted by Gasteiger charge is 2.40. The van der Waals surface area contributed by atoms with Crippen LogP contribution in [0.5, 0.6) is 0 Å². The van der Waals surface area contributed by atoms with E-state index in [4.69, 9.17) is 23.2 Å². The van der Waals surface area contributed by atoms with Crippen LogP contribution in [0.2, 0.25) is 9.36 Å². The van der Waals surface area contributed by atoms with E-state index in [1.54, 1.807) is 24.3 Å². The third kappa shape index (κ3) is 3.60. The quantitative estimate of drug-likeness (QED) is 0.841. The summed E-state index contributed by atoms with van der Waals surface area (Å²) in [5.74, 6) is -0.346. The molecule has 0 spiro atoms. The van der Waals surface area contributed by atoms with Gasteiger partial charge in [0.2, 0.25) is 5.91 Å². The molecule has 0 aliphatic carbocycles. The molecule has 2 aromatic rings. The van der Waals surface area contributed by atoms with Crippen molar-refractivity contribution >= 4 is 56.2 Å². The van der Waals surface area contributed by atoms with Gasteiger partial charge in [-0.2, -0.15) is 4.31 Å². The van der Waals surface area contributed by atoms with E-state index in [-0.39, 0.29) is 10.1 Å². The van der Waals surface area contributed by atoms with Crippen molar-refractivity contribution in [3.63, 3.8) is 0 Å². The number of nitrogens with zero attached hydrogens (tertiary/aromatic N) is 1. The van der Waals surface area contributed by atoms with Gasteiger partial charge < -0.3 is 5.32 Å². The molecule has 1 aromatic heterocycles. The number of hydrogen-bond donors (Lipinski definition) is 1. The van der Waals surface area contributed by atoms with E-state index in [2.05, 4.69) is 5.32 Å². The van der Waals surface area contributed by atoms with Crippen molar-refractivity contribution in [1.29, 1.82) is 0 Å². The monoisotopic (exact) mass is 404 g/mol. The molecule has 0 unspecified atom stereocenters. The Bertz CT molecular complexity index is 850. The van der Waals surface area contributed by atoms with Gasteiger partial charge in [0, 0.05) is 17.3 Å². The molecule has 24 heavy (non-hydrogen) atoms. The van der Waals surface area contributed by atoms with E-state index >= 15 is 0 Å². The van der Waals surface area contributed by atoms with Gasteiger partial charge in [-0.3, -0.25) is 4.79 Å². The van der Waals surface area contributed by atoms with Crippen molar-refractivity contribution in [3.8, 4) is 0 Å². The number of amides is 1. The number of sulfonamides is 1. The highest BCUT2D eigenvalue weighted by molar-refractivity contribution is 7.91. The van der Waals surface area contributed by atoms with Crippen LogP contribution < -0.4 is 5.32 Å². The number of hydrogen-bond acceptors (Lipinski definition) is 4.